The third-order valence-electron chi connectivity index (χ3n) is 2.77. The first-order valence-corrected chi connectivity index (χ1v) is 8.06. The highest BCUT2D eigenvalue weighted by Crippen LogP contribution is 2.37. The van der Waals surface area contributed by atoms with Gasteiger partial charge in [0, 0.05) is 19.0 Å². The highest BCUT2D eigenvalue weighted by molar-refractivity contribution is 9.11. The molecule has 2 aromatic rings. The van der Waals surface area contributed by atoms with Gasteiger partial charge in [0.1, 0.15) is 5.75 Å². The van der Waals surface area contributed by atoms with Crippen LogP contribution in [0.5, 0.6) is 5.75 Å². The summed E-state index contributed by atoms with van der Waals surface area (Å²) in [5.41, 5.74) is 1.82. The standard InChI is InChI=1S/C14H12Br3NO/c1-8(10-4-2-3-5-13(10)19)18-14-11(16)6-9(15)7-12(14)17/h2-8,18-19H,1H3. The van der Waals surface area contributed by atoms with Crippen LogP contribution in [0.3, 0.4) is 0 Å². The molecule has 2 nitrogen and oxygen atoms in total. The Morgan fingerprint density at radius 1 is 1.05 bits per heavy atom. The normalized spacial score (nSPS) is 12.2. The predicted octanol–water partition coefficient (Wildman–Crippen LogP) is 5.85. The maximum Gasteiger partial charge on any atom is 0.120 e. The van der Waals surface area contributed by atoms with Crippen LogP contribution in [-0.2, 0) is 0 Å². The molecule has 0 radical (unpaired) electrons. The lowest BCUT2D eigenvalue weighted by atomic mass is 10.1. The van der Waals surface area contributed by atoms with Crippen molar-refractivity contribution in [3.63, 3.8) is 0 Å². The summed E-state index contributed by atoms with van der Waals surface area (Å²) in [4.78, 5) is 0. The Balaban J connectivity index is 2.29. The van der Waals surface area contributed by atoms with E-state index in [1.54, 1.807) is 6.07 Å². The molecule has 0 aliphatic carbocycles. The summed E-state index contributed by atoms with van der Waals surface area (Å²) in [5.74, 6) is 0.298. The van der Waals surface area contributed by atoms with Gasteiger partial charge in [0.2, 0.25) is 0 Å². The molecule has 5 heteroatoms. The van der Waals surface area contributed by atoms with Gasteiger partial charge in [0.25, 0.3) is 0 Å². The van der Waals surface area contributed by atoms with Gasteiger partial charge in [-0.3, -0.25) is 0 Å². The zero-order chi connectivity index (χ0) is 14.0. The van der Waals surface area contributed by atoms with Crippen LogP contribution in [0.15, 0.2) is 49.8 Å². The van der Waals surface area contributed by atoms with Crippen molar-refractivity contribution >= 4 is 53.5 Å². The minimum Gasteiger partial charge on any atom is -0.508 e. The molecule has 0 bridgehead atoms. The Bertz CT molecular complexity index is 578. The highest BCUT2D eigenvalue weighted by atomic mass is 79.9. The zero-order valence-corrected chi connectivity index (χ0v) is 14.9. The van der Waals surface area contributed by atoms with Crippen molar-refractivity contribution in [2.45, 2.75) is 13.0 Å². The van der Waals surface area contributed by atoms with Crippen LogP contribution in [0.1, 0.15) is 18.5 Å². The van der Waals surface area contributed by atoms with Gasteiger partial charge in [-0.05, 0) is 57.0 Å². The number of nitrogens with one attached hydrogen (secondary N) is 1. The highest BCUT2D eigenvalue weighted by Gasteiger charge is 2.13. The lowest BCUT2D eigenvalue weighted by Gasteiger charge is -2.19. The van der Waals surface area contributed by atoms with Crippen molar-refractivity contribution in [1.82, 2.24) is 0 Å². The number of aromatic hydroxyl groups is 1. The van der Waals surface area contributed by atoms with Gasteiger partial charge in [-0.2, -0.15) is 0 Å². The van der Waals surface area contributed by atoms with Crippen molar-refractivity contribution in [1.29, 1.82) is 0 Å². The van der Waals surface area contributed by atoms with Gasteiger partial charge in [-0.15, -0.1) is 0 Å². The molecule has 0 saturated heterocycles. The van der Waals surface area contributed by atoms with Gasteiger partial charge in [0.05, 0.1) is 11.7 Å². The number of phenolic OH excluding ortho intramolecular Hbond substituents is 1. The quantitative estimate of drug-likeness (QED) is 0.615. The van der Waals surface area contributed by atoms with Gasteiger partial charge in [-0.25, -0.2) is 0 Å². The Morgan fingerprint density at radius 3 is 2.21 bits per heavy atom. The van der Waals surface area contributed by atoms with Crippen LogP contribution in [0.25, 0.3) is 0 Å². The summed E-state index contributed by atoms with van der Waals surface area (Å²) in [6, 6.07) is 11.3. The fraction of sp³-hybridized carbons (Fsp3) is 0.143. The molecule has 1 unspecified atom stereocenters. The molecule has 0 aliphatic rings. The minimum absolute atomic E-state index is 0.00465. The Morgan fingerprint density at radius 2 is 1.63 bits per heavy atom. The van der Waals surface area contributed by atoms with Crippen molar-refractivity contribution in [2.75, 3.05) is 5.32 Å². The number of anilines is 1. The van der Waals surface area contributed by atoms with Crippen LogP contribution in [0, 0.1) is 0 Å². The average molecular weight is 450 g/mol. The van der Waals surface area contributed by atoms with Crippen molar-refractivity contribution in [3.05, 3.63) is 55.4 Å². The van der Waals surface area contributed by atoms with Crippen LogP contribution in [0.4, 0.5) is 5.69 Å². The van der Waals surface area contributed by atoms with E-state index < -0.39 is 0 Å². The number of phenols is 1. The van der Waals surface area contributed by atoms with E-state index in [1.165, 1.54) is 0 Å². The molecule has 0 amide bonds. The molecule has 19 heavy (non-hydrogen) atoms. The second-order valence-electron chi connectivity index (χ2n) is 4.17. The van der Waals surface area contributed by atoms with E-state index in [0.29, 0.717) is 5.75 Å². The molecule has 100 valence electrons. The second-order valence-corrected chi connectivity index (χ2v) is 6.79. The second kappa shape index (κ2) is 6.29. The smallest absolute Gasteiger partial charge is 0.120 e. The number of hydrogen-bond donors (Lipinski definition) is 2. The van der Waals surface area contributed by atoms with E-state index in [4.69, 9.17) is 0 Å². The molecule has 0 fully saturated rings. The van der Waals surface area contributed by atoms with Crippen LogP contribution in [0.2, 0.25) is 0 Å². The number of halogens is 3. The molecule has 0 aromatic heterocycles. The Labute approximate surface area is 137 Å². The lowest BCUT2D eigenvalue weighted by molar-refractivity contribution is 0.465. The predicted molar refractivity (Wildman–Crippen MR) is 89.7 cm³/mol. The van der Waals surface area contributed by atoms with E-state index >= 15 is 0 Å². The van der Waals surface area contributed by atoms with Gasteiger partial charge < -0.3 is 10.4 Å². The molecular formula is C14H12Br3NO. The fourth-order valence-corrected chi connectivity index (χ4v) is 4.32. The first-order valence-electron chi connectivity index (χ1n) is 5.68. The Kier molecular flexibility index (Phi) is 4.92. The summed E-state index contributed by atoms with van der Waals surface area (Å²) in [7, 11) is 0. The summed E-state index contributed by atoms with van der Waals surface area (Å²) in [6.45, 7) is 2.01. The molecule has 0 heterocycles. The largest absolute Gasteiger partial charge is 0.508 e. The third-order valence-corrected chi connectivity index (χ3v) is 4.48. The number of hydrogen-bond acceptors (Lipinski definition) is 2. The summed E-state index contributed by atoms with van der Waals surface area (Å²) in [6.07, 6.45) is 0. The number of rotatable bonds is 3. The average Bonchev–Trinajstić information content (AvgIpc) is 2.34. The van der Waals surface area contributed by atoms with Crippen LogP contribution >= 0.6 is 47.8 Å². The number of benzene rings is 2. The molecule has 2 rings (SSSR count). The molecule has 2 N–H and O–H groups in total. The molecule has 0 saturated carbocycles. The monoisotopic (exact) mass is 447 g/mol. The summed E-state index contributed by atoms with van der Waals surface area (Å²) >= 11 is 10.5. The van der Waals surface area contributed by atoms with Crippen molar-refractivity contribution in [3.8, 4) is 5.75 Å². The van der Waals surface area contributed by atoms with Crippen molar-refractivity contribution < 1.29 is 5.11 Å². The summed E-state index contributed by atoms with van der Waals surface area (Å²) in [5, 5.41) is 13.3. The van der Waals surface area contributed by atoms with E-state index in [1.807, 2.05) is 37.3 Å². The minimum atomic E-state index is -0.00465. The first kappa shape index (κ1) is 14.9. The van der Waals surface area contributed by atoms with E-state index in [-0.39, 0.29) is 6.04 Å². The molecular weight excluding hydrogens is 438 g/mol. The van der Waals surface area contributed by atoms with Crippen molar-refractivity contribution in [2.24, 2.45) is 0 Å². The topological polar surface area (TPSA) is 32.3 Å². The third kappa shape index (κ3) is 3.52. The lowest BCUT2D eigenvalue weighted by Crippen LogP contribution is -2.07. The SMILES string of the molecule is CC(Nc1c(Br)cc(Br)cc1Br)c1ccccc1O. The maximum absolute atomic E-state index is 9.87. The molecule has 1 atom stereocenters. The molecule has 0 spiro atoms. The van der Waals surface area contributed by atoms with Gasteiger partial charge in [-0.1, -0.05) is 34.1 Å². The number of para-hydroxylation sites is 1. The maximum atomic E-state index is 9.87. The van der Waals surface area contributed by atoms with Crippen LogP contribution in [-0.4, -0.2) is 5.11 Å². The molecule has 0 aliphatic heterocycles. The zero-order valence-electron chi connectivity index (χ0n) is 10.1. The first-order chi connectivity index (χ1) is 8.99. The van der Waals surface area contributed by atoms with Crippen LogP contribution < -0.4 is 5.32 Å². The fourth-order valence-electron chi connectivity index (χ4n) is 1.83. The van der Waals surface area contributed by atoms with Gasteiger partial charge in [0.15, 0.2) is 0 Å². The van der Waals surface area contributed by atoms with Gasteiger partial charge >= 0.3 is 0 Å². The Hall–Kier alpha value is -0.520. The molecule has 2 aromatic carbocycles. The summed E-state index contributed by atoms with van der Waals surface area (Å²) < 4.78 is 2.90. The van der Waals surface area contributed by atoms with E-state index in [2.05, 4.69) is 53.1 Å². The van der Waals surface area contributed by atoms with E-state index in [0.717, 1.165) is 24.7 Å². The van der Waals surface area contributed by atoms with E-state index in [9.17, 15) is 5.11 Å².